The molecule has 0 unspecified atom stereocenters. The van der Waals surface area contributed by atoms with Gasteiger partial charge in [-0.2, -0.15) is 0 Å². The van der Waals surface area contributed by atoms with E-state index in [0.29, 0.717) is 0 Å². The van der Waals surface area contributed by atoms with E-state index in [9.17, 15) is 4.79 Å². The standard InChI is InChI=1S/C14H17NO/c1-2-7-13(16)15-14(10-6-11-14)12-8-4-3-5-9-12/h2-5,7-9H,6,10-11H2,1H3,(H,15,16)/b7-2+. The van der Waals surface area contributed by atoms with E-state index in [1.807, 2.05) is 25.1 Å². The molecule has 1 saturated carbocycles. The van der Waals surface area contributed by atoms with Crippen molar-refractivity contribution in [3.8, 4) is 0 Å². The van der Waals surface area contributed by atoms with Crippen LogP contribution in [0.1, 0.15) is 31.7 Å². The molecule has 0 radical (unpaired) electrons. The van der Waals surface area contributed by atoms with Gasteiger partial charge in [-0.25, -0.2) is 0 Å². The number of rotatable bonds is 3. The van der Waals surface area contributed by atoms with Gasteiger partial charge in [-0.15, -0.1) is 0 Å². The summed E-state index contributed by atoms with van der Waals surface area (Å²) in [5, 5.41) is 3.12. The fourth-order valence-corrected chi connectivity index (χ4v) is 2.20. The molecule has 0 heterocycles. The van der Waals surface area contributed by atoms with Crippen molar-refractivity contribution in [3.05, 3.63) is 48.0 Å². The maximum absolute atomic E-state index is 11.6. The zero-order valence-electron chi connectivity index (χ0n) is 9.57. The van der Waals surface area contributed by atoms with E-state index in [2.05, 4.69) is 17.4 Å². The summed E-state index contributed by atoms with van der Waals surface area (Å²) in [5.41, 5.74) is 1.11. The molecule has 2 nitrogen and oxygen atoms in total. The number of hydrogen-bond donors (Lipinski definition) is 1. The summed E-state index contributed by atoms with van der Waals surface area (Å²) in [5.74, 6) is 0.00560. The molecule has 1 aliphatic carbocycles. The number of hydrogen-bond acceptors (Lipinski definition) is 1. The molecule has 0 aliphatic heterocycles. The predicted octanol–water partition coefficient (Wildman–Crippen LogP) is 2.76. The number of carbonyl (C=O) groups is 1. The number of benzene rings is 1. The smallest absolute Gasteiger partial charge is 0.244 e. The normalized spacial score (nSPS) is 18.1. The van der Waals surface area contributed by atoms with Crippen LogP contribution in [0.3, 0.4) is 0 Å². The van der Waals surface area contributed by atoms with Gasteiger partial charge < -0.3 is 5.32 Å². The van der Waals surface area contributed by atoms with Gasteiger partial charge in [0.2, 0.25) is 5.91 Å². The van der Waals surface area contributed by atoms with Crippen LogP contribution in [0.15, 0.2) is 42.5 Å². The van der Waals surface area contributed by atoms with Crippen molar-refractivity contribution in [2.75, 3.05) is 0 Å². The lowest BCUT2D eigenvalue weighted by Gasteiger charge is -2.42. The molecule has 0 atom stereocenters. The van der Waals surface area contributed by atoms with Crippen LogP contribution in [-0.4, -0.2) is 5.91 Å². The first kappa shape index (κ1) is 10.9. The molecule has 0 saturated heterocycles. The molecule has 1 aliphatic rings. The highest BCUT2D eigenvalue weighted by molar-refractivity contribution is 5.88. The average molecular weight is 215 g/mol. The lowest BCUT2D eigenvalue weighted by molar-refractivity contribution is -0.119. The van der Waals surface area contributed by atoms with Gasteiger partial charge in [-0.3, -0.25) is 4.79 Å². The minimum atomic E-state index is -0.113. The highest BCUT2D eigenvalue weighted by Crippen LogP contribution is 2.41. The maximum Gasteiger partial charge on any atom is 0.244 e. The third kappa shape index (κ3) is 2.01. The van der Waals surface area contributed by atoms with Crippen LogP contribution in [0.2, 0.25) is 0 Å². The third-order valence-electron chi connectivity index (χ3n) is 3.21. The highest BCUT2D eigenvalue weighted by atomic mass is 16.1. The van der Waals surface area contributed by atoms with Gasteiger partial charge in [0.15, 0.2) is 0 Å². The molecular formula is C14H17NO. The SMILES string of the molecule is C/C=C/C(=O)NC1(c2ccccc2)CCC1. The van der Waals surface area contributed by atoms with Crippen molar-refractivity contribution < 1.29 is 4.79 Å². The molecule has 0 bridgehead atoms. The number of nitrogens with one attached hydrogen (secondary N) is 1. The molecule has 84 valence electrons. The lowest BCUT2D eigenvalue weighted by atomic mass is 9.72. The zero-order chi connectivity index (χ0) is 11.4. The first-order valence-electron chi connectivity index (χ1n) is 5.77. The predicted molar refractivity (Wildman–Crippen MR) is 64.9 cm³/mol. The molecule has 0 spiro atoms. The Labute approximate surface area is 96.4 Å². The van der Waals surface area contributed by atoms with Crippen molar-refractivity contribution >= 4 is 5.91 Å². The average Bonchev–Trinajstić information content (AvgIpc) is 2.25. The molecule has 1 fully saturated rings. The Bertz CT molecular complexity index is 390. The van der Waals surface area contributed by atoms with Gasteiger partial charge in [-0.05, 0) is 37.8 Å². The first-order valence-corrected chi connectivity index (χ1v) is 5.77. The van der Waals surface area contributed by atoms with E-state index in [1.54, 1.807) is 12.2 Å². The topological polar surface area (TPSA) is 29.1 Å². The Balaban J connectivity index is 2.17. The molecule has 1 aromatic carbocycles. The lowest BCUT2D eigenvalue weighted by Crippen LogP contribution is -2.50. The van der Waals surface area contributed by atoms with Gasteiger partial charge in [0.1, 0.15) is 0 Å². The van der Waals surface area contributed by atoms with Crippen molar-refractivity contribution in [1.29, 1.82) is 0 Å². The Kier molecular flexibility index (Phi) is 3.09. The van der Waals surface area contributed by atoms with E-state index in [-0.39, 0.29) is 11.4 Å². The van der Waals surface area contributed by atoms with E-state index < -0.39 is 0 Å². The van der Waals surface area contributed by atoms with Crippen LogP contribution in [0.5, 0.6) is 0 Å². The van der Waals surface area contributed by atoms with Gasteiger partial charge >= 0.3 is 0 Å². The molecule has 1 N–H and O–H groups in total. The molecule has 16 heavy (non-hydrogen) atoms. The highest BCUT2D eigenvalue weighted by Gasteiger charge is 2.39. The van der Waals surface area contributed by atoms with Crippen molar-refractivity contribution in [3.63, 3.8) is 0 Å². The largest absolute Gasteiger partial charge is 0.343 e. The summed E-state index contributed by atoms with van der Waals surface area (Å²) < 4.78 is 0. The Morgan fingerprint density at radius 2 is 2.00 bits per heavy atom. The molecule has 1 amide bonds. The Hall–Kier alpha value is -1.57. The summed E-state index contributed by atoms with van der Waals surface area (Å²) in [6.07, 6.45) is 6.63. The number of amides is 1. The van der Waals surface area contributed by atoms with E-state index in [1.165, 1.54) is 12.0 Å². The second kappa shape index (κ2) is 4.52. The minimum Gasteiger partial charge on any atom is -0.343 e. The second-order valence-electron chi connectivity index (χ2n) is 4.29. The van der Waals surface area contributed by atoms with E-state index in [4.69, 9.17) is 0 Å². The second-order valence-corrected chi connectivity index (χ2v) is 4.29. The fraction of sp³-hybridized carbons (Fsp3) is 0.357. The van der Waals surface area contributed by atoms with Crippen LogP contribution >= 0.6 is 0 Å². The van der Waals surface area contributed by atoms with E-state index >= 15 is 0 Å². The molecule has 2 heteroatoms. The van der Waals surface area contributed by atoms with Crippen molar-refractivity contribution in [2.24, 2.45) is 0 Å². The molecule has 0 aromatic heterocycles. The van der Waals surface area contributed by atoms with Crippen LogP contribution in [-0.2, 0) is 10.3 Å². The first-order chi connectivity index (χ1) is 7.77. The molecule has 2 rings (SSSR count). The van der Waals surface area contributed by atoms with Crippen LogP contribution in [0, 0.1) is 0 Å². The summed E-state index contributed by atoms with van der Waals surface area (Å²) in [6, 6.07) is 10.2. The van der Waals surface area contributed by atoms with Crippen LogP contribution < -0.4 is 5.32 Å². The van der Waals surface area contributed by atoms with Gasteiger partial charge in [-0.1, -0.05) is 36.4 Å². The maximum atomic E-state index is 11.6. The minimum absolute atomic E-state index is 0.00560. The zero-order valence-corrected chi connectivity index (χ0v) is 9.57. The third-order valence-corrected chi connectivity index (χ3v) is 3.21. The summed E-state index contributed by atoms with van der Waals surface area (Å²) >= 11 is 0. The van der Waals surface area contributed by atoms with Crippen molar-refractivity contribution in [2.45, 2.75) is 31.7 Å². The molecule has 1 aromatic rings. The fourth-order valence-electron chi connectivity index (χ4n) is 2.20. The summed E-state index contributed by atoms with van der Waals surface area (Å²) in [6.45, 7) is 1.86. The number of allylic oxidation sites excluding steroid dienone is 1. The Morgan fingerprint density at radius 1 is 1.31 bits per heavy atom. The van der Waals surface area contributed by atoms with Gasteiger partial charge in [0, 0.05) is 0 Å². The molecular weight excluding hydrogens is 198 g/mol. The quantitative estimate of drug-likeness (QED) is 0.772. The number of carbonyl (C=O) groups excluding carboxylic acids is 1. The van der Waals surface area contributed by atoms with Crippen LogP contribution in [0.25, 0.3) is 0 Å². The van der Waals surface area contributed by atoms with Gasteiger partial charge in [0.05, 0.1) is 5.54 Å². The summed E-state index contributed by atoms with van der Waals surface area (Å²) in [7, 11) is 0. The summed E-state index contributed by atoms with van der Waals surface area (Å²) in [4.78, 5) is 11.6. The van der Waals surface area contributed by atoms with Crippen LogP contribution in [0.4, 0.5) is 0 Å². The Morgan fingerprint density at radius 3 is 2.50 bits per heavy atom. The van der Waals surface area contributed by atoms with Crippen molar-refractivity contribution in [1.82, 2.24) is 5.32 Å². The van der Waals surface area contributed by atoms with Gasteiger partial charge in [0.25, 0.3) is 0 Å². The van der Waals surface area contributed by atoms with E-state index in [0.717, 1.165) is 12.8 Å². The monoisotopic (exact) mass is 215 g/mol.